The van der Waals surface area contributed by atoms with Crippen LogP contribution in [0.25, 0.3) is 0 Å². The van der Waals surface area contributed by atoms with Crippen LogP contribution < -0.4 is 4.74 Å². The van der Waals surface area contributed by atoms with Crippen LogP contribution >= 0.6 is 0 Å². The summed E-state index contributed by atoms with van der Waals surface area (Å²) in [4.78, 5) is 11.2. The standard InChI is InChI=1S/C12H14O4/c1-15-12(14)7-8-3-2-4-10-9(8)5-6-11(13)16-10/h2-4,11,13H,5-7H2,1H3. The second-order valence-electron chi connectivity index (χ2n) is 3.76. The Hall–Kier alpha value is -1.55. The number of benzene rings is 1. The summed E-state index contributed by atoms with van der Waals surface area (Å²) in [5.74, 6) is 0.402. The van der Waals surface area contributed by atoms with Crippen molar-refractivity contribution in [1.29, 1.82) is 0 Å². The monoisotopic (exact) mass is 222 g/mol. The van der Waals surface area contributed by atoms with Crippen molar-refractivity contribution in [3.05, 3.63) is 29.3 Å². The Morgan fingerprint density at radius 1 is 1.62 bits per heavy atom. The van der Waals surface area contributed by atoms with Gasteiger partial charge in [0.2, 0.25) is 0 Å². The van der Waals surface area contributed by atoms with E-state index in [4.69, 9.17) is 4.74 Å². The second-order valence-corrected chi connectivity index (χ2v) is 3.76. The normalized spacial score (nSPS) is 18.5. The number of esters is 1. The van der Waals surface area contributed by atoms with Crippen LogP contribution in [0.3, 0.4) is 0 Å². The molecular weight excluding hydrogens is 208 g/mol. The third kappa shape index (κ3) is 2.17. The highest BCUT2D eigenvalue weighted by Crippen LogP contribution is 2.29. The minimum atomic E-state index is -0.735. The lowest BCUT2D eigenvalue weighted by Gasteiger charge is -2.23. The summed E-state index contributed by atoms with van der Waals surface area (Å²) >= 11 is 0. The van der Waals surface area contributed by atoms with E-state index < -0.39 is 6.29 Å². The first-order valence-electron chi connectivity index (χ1n) is 5.23. The molecule has 0 bridgehead atoms. The van der Waals surface area contributed by atoms with E-state index in [1.165, 1.54) is 7.11 Å². The molecule has 1 aromatic rings. The first kappa shape index (κ1) is 11.0. The summed E-state index contributed by atoms with van der Waals surface area (Å²) in [6.45, 7) is 0. The molecule has 2 rings (SSSR count). The van der Waals surface area contributed by atoms with Gasteiger partial charge < -0.3 is 14.6 Å². The molecule has 0 amide bonds. The van der Waals surface area contributed by atoms with Gasteiger partial charge in [-0.05, 0) is 23.6 Å². The molecule has 0 spiro atoms. The third-order valence-corrected chi connectivity index (χ3v) is 2.70. The Labute approximate surface area is 93.8 Å². The van der Waals surface area contributed by atoms with E-state index in [9.17, 15) is 9.90 Å². The van der Waals surface area contributed by atoms with Gasteiger partial charge in [0.05, 0.1) is 13.5 Å². The number of carbonyl (C=O) groups excluding carboxylic acids is 1. The number of aliphatic hydroxyl groups excluding tert-OH is 1. The average Bonchev–Trinajstić information content (AvgIpc) is 2.28. The Morgan fingerprint density at radius 3 is 3.19 bits per heavy atom. The van der Waals surface area contributed by atoms with Crippen LogP contribution in [0.1, 0.15) is 17.5 Å². The van der Waals surface area contributed by atoms with E-state index >= 15 is 0 Å². The number of hydrogen-bond acceptors (Lipinski definition) is 4. The van der Waals surface area contributed by atoms with Gasteiger partial charge in [-0.1, -0.05) is 12.1 Å². The van der Waals surface area contributed by atoms with Crippen molar-refractivity contribution in [3.63, 3.8) is 0 Å². The van der Waals surface area contributed by atoms with Crippen molar-refractivity contribution in [2.75, 3.05) is 7.11 Å². The highest BCUT2D eigenvalue weighted by molar-refractivity contribution is 5.73. The zero-order valence-electron chi connectivity index (χ0n) is 9.10. The highest BCUT2D eigenvalue weighted by Gasteiger charge is 2.20. The zero-order chi connectivity index (χ0) is 11.5. The molecule has 1 aromatic carbocycles. The Kier molecular flexibility index (Phi) is 3.10. The van der Waals surface area contributed by atoms with Gasteiger partial charge in [-0.15, -0.1) is 0 Å². The fourth-order valence-corrected chi connectivity index (χ4v) is 1.87. The zero-order valence-corrected chi connectivity index (χ0v) is 9.10. The molecule has 0 aromatic heterocycles. The maximum atomic E-state index is 11.2. The van der Waals surface area contributed by atoms with Gasteiger partial charge in [0.1, 0.15) is 5.75 Å². The first-order chi connectivity index (χ1) is 7.70. The number of methoxy groups -OCH3 is 1. The maximum absolute atomic E-state index is 11.2. The third-order valence-electron chi connectivity index (χ3n) is 2.70. The predicted octanol–water partition coefficient (Wildman–Crippen LogP) is 1.05. The SMILES string of the molecule is COC(=O)Cc1cccc2c1CCC(O)O2. The molecule has 4 nitrogen and oxygen atoms in total. The van der Waals surface area contributed by atoms with Crippen molar-refractivity contribution in [1.82, 2.24) is 0 Å². The molecule has 0 aliphatic carbocycles. The Balaban J connectivity index is 2.26. The van der Waals surface area contributed by atoms with Crippen LogP contribution in [0.5, 0.6) is 5.75 Å². The smallest absolute Gasteiger partial charge is 0.309 e. The van der Waals surface area contributed by atoms with Crippen LogP contribution in [0.2, 0.25) is 0 Å². The van der Waals surface area contributed by atoms with Crippen LogP contribution in [0, 0.1) is 0 Å². The highest BCUT2D eigenvalue weighted by atomic mass is 16.6. The molecule has 1 N–H and O–H groups in total. The molecule has 1 heterocycles. The molecule has 1 atom stereocenters. The van der Waals surface area contributed by atoms with Crippen molar-refractivity contribution >= 4 is 5.97 Å². The number of fused-ring (bicyclic) bond motifs is 1. The van der Waals surface area contributed by atoms with E-state index in [2.05, 4.69) is 4.74 Å². The fourth-order valence-electron chi connectivity index (χ4n) is 1.87. The van der Waals surface area contributed by atoms with Crippen molar-refractivity contribution < 1.29 is 19.4 Å². The lowest BCUT2D eigenvalue weighted by atomic mass is 9.97. The quantitative estimate of drug-likeness (QED) is 0.760. The summed E-state index contributed by atoms with van der Waals surface area (Å²) in [5.41, 5.74) is 1.91. The summed E-state index contributed by atoms with van der Waals surface area (Å²) in [5, 5.41) is 9.36. The van der Waals surface area contributed by atoms with Gasteiger partial charge in [0, 0.05) is 6.42 Å². The number of rotatable bonds is 2. The summed E-state index contributed by atoms with van der Waals surface area (Å²) in [6.07, 6.45) is 0.800. The minimum Gasteiger partial charge on any atom is -0.469 e. The van der Waals surface area contributed by atoms with E-state index in [1.54, 1.807) is 6.07 Å². The molecule has 1 unspecified atom stereocenters. The molecule has 0 fully saturated rings. The van der Waals surface area contributed by atoms with Gasteiger partial charge in [-0.25, -0.2) is 0 Å². The first-order valence-corrected chi connectivity index (χ1v) is 5.23. The van der Waals surface area contributed by atoms with E-state index in [1.807, 2.05) is 12.1 Å². The molecule has 1 aliphatic rings. The number of ether oxygens (including phenoxy) is 2. The van der Waals surface area contributed by atoms with Gasteiger partial charge >= 0.3 is 5.97 Å². The fraction of sp³-hybridized carbons (Fsp3) is 0.417. The number of hydrogen-bond donors (Lipinski definition) is 1. The predicted molar refractivity (Wildman–Crippen MR) is 57.1 cm³/mol. The topological polar surface area (TPSA) is 55.8 Å². The molecule has 16 heavy (non-hydrogen) atoms. The molecule has 86 valence electrons. The van der Waals surface area contributed by atoms with Gasteiger partial charge in [0.15, 0.2) is 6.29 Å². The van der Waals surface area contributed by atoms with Crippen LogP contribution in [-0.2, 0) is 22.4 Å². The lowest BCUT2D eigenvalue weighted by molar-refractivity contribution is -0.139. The number of aliphatic hydroxyl groups is 1. The summed E-state index contributed by atoms with van der Waals surface area (Å²) < 4.78 is 9.93. The minimum absolute atomic E-state index is 0.249. The number of carbonyl (C=O) groups is 1. The van der Waals surface area contributed by atoms with E-state index in [-0.39, 0.29) is 12.4 Å². The molecule has 1 aliphatic heterocycles. The summed E-state index contributed by atoms with van der Waals surface area (Å²) in [6, 6.07) is 5.50. The van der Waals surface area contributed by atoms with E-state index in [0.717, 1.165) is 17.5 Å². The van der Waals surface area contributed by atoms with Crippen molar-refractivity contribution in [2.45, 2.75) is 25.6 Å². The largest absolute Gasteiger partial charge is 0.469 e. The van der Waals surface area contributed by atoms with Gasteiger partial charge in [-0.3, -0.25) is 4.79 Å². The molecule has 4 heteroatoms. The molecule has 0 saturated carbocycles. The van der Waals surface area contributed by atoms with Crippen LogP contribution in [0.15, 0.2) is 18.2 Å². The van der Waals surface area contributed by atoms with Crippen molar-refractivity contribution in [3.8, 4) is 5.75 Å². The molecule has 0 radical (unpaired) electrons. The molecule has 0 saturated heterocycles. The maximum Gasteiger partial charge on any atom is 0.309 e. The van der Waals surface area contributed by atoms with Gasteiger partial charge in [-0.2, -0.15) is 0 Å². The van der Waals surface area contributed by atoms with Crippen molar-refractivity contribution in [2.24, 2.45) is 0 Å². The van der Waals surface area contributed by atoms with Crippen LogP contribution in [-0.4, -0.2) is 24.5 Å². The van der Waals surface area contributed by atoms with E-state index in [0.29, 0.717) is 12.2 Å². The Morgan fingerprint density at radius 2 is 2.44 bits per heavy atom. The average molecular weight is 222 g/mol. The Bertz CT molecular complexity index is 400. The molecular formula is C12H14O4. The van der Waals surface area contributed by atoms with Gasteiger partial charge in [0.25, 0.3) is 0 Å². The summed E-state index contributed by atoms with van der Waals surface area (Å²) in [7, 11) is 1.37. The second kappa shape index (κ2) is 4.53. The lowest BCUT2D eigenvalue weighted by Crippen LogP contribution is -2.23. The van der Waals surface area contributed by atoms with Crippen LogP contribution in [0.4, 0.5) is 0 Å².